The Balaban J connectivity index is 2.37. The zero-order valence-corrected chi connectivity index (χ0v) is 9.00. The summed E-state index contributed by atoms with van der Waals surface area (Å²) in [6.07, 6.45) is 5.19. The molecule has 5 nitrogen and oxygen atoms in total. The van der Waals surface area contributed by atoms with Crippen LogP contribution >= 0.6 is 0 Å². The summed E-state index contributed by atoms with van der Waals surface area (Å²) in [4.78, 5) is 17.3. The average Bonchev–Trinajstić information content (AvgIpc) is 2.36. The Morgan fingerprint density at radius 1 is 1.41 bits per heavy atom. The standard InChI is InChI=1S/C12H10N4O/c13-16-15-6-1-2-9-3-4-11-10(8-9)12(17)5-7-14-11/h1-5,7-8H,6H2,(H,14,17). The van der Waals surface area contributed by atoms with Crippen LogP contribution in [-0.4, -0.2) is 11.5 Å². The van der Waals surface area contributed by atoms with Gasteiger partial charge in [0.25, 0.3) is 0 Å². The van der Waals surface area contributed by atoms with Crippen LogP contribution in [0.15, 0.2) is 46.4 Å². The third kappa shape index (κ3) is 2.53. The van der Waals surface area contributed by atoms with Crippen LogP contribution in [0.3, 0.4) is 0 Å². The first-order valence-electron chi connectivity index (χ1n) is 5.10. The minimum absolute atomic E-state index is 0.0101. The van der Waals surface area contributed by atoms with E-state index in [4.69, 9.17) is 5.53 Å². The highest BCUT2D eigenvalue weighted by molar-refractivity contribution is 5.80. The van der Waals surface area contributed by atoms with Crippen molar-refractivity contribution in [1.29, 1.82) is 0 Å². The first kappa shape index (κ1) is 11.0. The highest BCUT2D eigenvalue weighted by Gasteiger charge is 1.97. The predicted molar refractivity (Wildman–Crippen MR) is 67.6 cm³/mol. The number of H-pyrrole nitrogens is 1. The van der Waals surface area contributed by atoms with Crippen LogP contribution < -0.4 is 5.43 Å². The fourth-order valence-electron chi connectivity index (χ4n) is 1.56. The summed E-state index contributed by atoms with van der Waals surface area (Å²) in [7, 11) is 0. The smallest absolute Gasteiger partial charge is 0.189 e. The number of nitrogens with zero attached hydrogens (tertiary/aromatic N) is 3. The SMILES string of the molecule is [N-]=[N+]=NCC=Cc1ccc2[nH]ccc(=O)c2c1. The van der Waals surface area contributed by atoms with Crippen molar-refractivity contribution in [3.8, 4) is 0 Å². The van der Waals surface area contributed by atoms with Gasteiger partial charge in [0, 0.05) is 34.6 Å². The van der Waals surface area contributed by atoms with Gasteiger partial charge in [-0.05, 0) is 23.2 Å². The van der Waals surface area contributed by atoms with Crippen molar-refractivity contribution < 1.29 is 0 Å². The summed E-state index contributed by atoms with van der Waals surface area (Å²) >= 11 is 0. The Kier molecular flexibility index (Phi) is 3.23. The third-order valence-electron chi connectivity index (χ3n) is 2.34. The van der Waals surface area contributed by atoms with Gasteiger partial charge in [-0.1, -0.05) is 23.3 Å². The molecule has 1 N–H and O–H groups in total. The average molecular weight is 226 g/mol. The summed E-state index contributed by atoms with van der Waals surface area (Å²) in [6, 6.07) is 7.05. The van der Waals surface area contributed by atoms with Crippen LogP contribution in [0.1, 0.15) is 5.56 Å². The Morgan fingerprint density at radius 2 is 2.29 bits per heavy atom. The Bertz CT molecular complexity index is 666. The second-order valence-electron chi connectivity index (χ2n) is 3.46. The van der Waals surface area contributed by atoms with Crippen LogP contribution in [0.2, 0.25) is 0 Å². The van der Waals surface area contributed by atoms with E-state index in [1.54, 1.807) is 18.3 Å². The molecule has 0 aliphatic rings. The first-order valence-corrected chi connectivity index (χ1v) is 5.10. The molecular weight excluding hydrogens is 216 g/mol. The molecule has 0 atom stereocenters. The number of rotatable bonds is 3. The van der Waals surface area contributed by atoms with E-state index in [0.29, 0.717) is 11.9 Å². The van der Waals surface area contributed by atoms with Crippen LogP contribution in [-0.2, 0) is 0 Å². The minimum Gasteiger partial charge on any atom is -0.361 e. The first-order chi connectivity index (χ1) is 8.31. The Labute approximate surface area is 97.0 Å². The molecule has 0 saturated carbocycles. The molecule has 0 unspecified atom stereocenters. The molecule has 0 aliphatic heterocycles. The normalized spacial score (nSPS) is 10.6. The lowest BCUT2D eigenvalue weighted by Gasteiger charge is -1.98. The summed E-state index contributed by atoms with van der Waals surface area (Å²) < 4.78 is 0. The van der Waals surface area contributed by atoms with E-state index in [9.17, 15) is 4.79 Å². The van der Waals surface area contributed by atoms with Crippen molar-refractivity contribution in [2.75, 3.05) is 6.54 Å². The van der Waals surface area contributed by atoms with Gasteiger partial charge in [0.15, 0.2) is 5.43 Å². The van der Waals surface area contributed by atoms with Crippen molar-refractivity contribution >= 4 is 17.0 Å². The number of azide groups is 1. The van der Waals surface area contributed by atoms with Gasteiger partial charge in [0.05, 0.1) is 0 Å². The van der Waals surface area contributed by atoms with E-state index < -0.39 is 0 Å². The predicted octanol–water partition coefficient (Wildman–Crippen LogP) is 2.85. The van der Waals surface area contributed by atoms with Gasteiger partial charge >= 0.3 is 0 Å². The lowest BCUT2D eigenvalue weighted by atomic mass is 10.1. The molecule has 0 saturated heterocycles. The number of fused-ring (bicyclic) bond motifs is 1. The molecule has 1 aromatic heterocycles. The molecule has 0 spiro atoms. The second kappa shape index (κ2) is 5.01. The van der Waals surface area contributed by atoms with Crippen molar-refractivity contribution in [2.45, 2.75) is 0 Å². The number of aromatic nitrogens is 1. The van der Waals surface area contributed by atoms with E-state index in [1.165, 1.54) is 6.07 Å². The highest BCUT2D eigenvalue weighted by Crippen LogP contribution is 2.11. The van der Waals surface area contributed by atoms with E-state index >= 15 is 0 Å². The molecule has 5 heteroatoms. The van der Waals surface area contributed by atoms with Crippen LogP contribution in [0.5, 0.6) is 0 Å². The largest absolute Gasteiger partial charge is 0.361 e. The number of hydrogen-bond donors (Lipinski definition) is 1. The van der Waals surface area contributed by atoms with Gasteiger partial charge in [-0.2, -0.15) is 0 Å². The van der Waals surface area contributed by atoms with E-state index in [1.807, 2.05) is 18.2 Å². The lowest BCUT2D eigenvalue weighted by molar-refractivity contribution is 1.22. The van der Waals surface area contributed by atoms with E-state index in [2.05, 4.69) is 15.0 Å². The molecule has 0 amide bonds. The van der Waals surface area contributed by atoms with Crippen molar-refractivity contribution in [3.63, 3.8) is 0 Å². The molecule has 1 heterocycles. The maximum Gasteiger partial charge on any atom is 0.189 e. The number of benzene rings is 1. The zero-order valence-electron chi connectivity index (χ0n) is 9.00. The number of hydrogen-bond acceptors (Lipinski definition) is 2. The molecule has 2 aromatic rings. The van der Waals surface area contributed by atoms with Crippen molar-refractivity contribution in [2.24, 2.45) is 5.11 Å². The summed E-state index contributed by atoms with van der Waals surface area (Å²) in [5.74, 6) is 0. The molecule has 0 bridgehead atoms. The van der Waals surface area contributed by atoms with Gasteiger partial charge in [0.1, 0.15) is 0 Å². The molecule has 2 rings (SSSR count). The Morgan fingerprint density at radius 3 is 3.12 bits per heavy atom. The van der Waals surface area contributed by atoms with E-state index in [0.717, 1.165) is 11.1 Å². The van der Waals surface area contributed by atoms with Crippen molar-refractivity contribution in [1.82, 2.24) is 4.98 Å². The maximum absolute atomic E-state index is 11.6. The number of aromatic amines is 1. The molecular formula is C12H10N4O. The van der Waals surface area contributed by atoms with Crippen LogP contribution in [0.4, 0.5) is 0 Å². The molecule has 84 valence electrons. The maximum atomic E-state index is 11.6. The molecule has 17 heavy (non-hydrogen) atoms. The summed E-state index contributed by atoms with van der Waals surface area (Å²) in [5, 5.41) is 4.04. The van der Waals surface area contributed by atoms with Crippen molar-refractivity contribution in [3.05, 3.63) is 62.8 Å². The van der Waals surface area contributed by atoms with Crippen LogP contribution in [0, 0.1) is 0 Å². The zero-order chi connectivity index (χ0) is 12.1. The van der Waals surface area contributed by atoms with Gasteiger partial charge in [-0.25, -0.2) is 0 Å². The van der Waals surface area contributed by atoms with Crippen LogP contribution in [0.25, 0.3) is 27.4 Å². The van der Waals surface area contributed by atoms with E-state index in [-0.39, 0.29) is 5.43 Å². The quantitative estimate of drug-likeness (QED) is 0.487. The molecule has 0 aliphatic carbocycles. The van der Waals surface area contributed by atoms with Gasteiger partial charge < -0.3 is 4.98 Å². The number of nitrogens with one attached hydrogen (secondary N) is 1. The highest BCUT2D eigenvalue weighted by atomic mass is 16.1. The fourth-order valence-corrected chi connectivity index (χ4v) is 1.56. The summed E-state index contributed by atoms with van der Waals surface area (Å²) in [5.41, 5.74) is 9.82. The third-order valence-corrected chi connectivity index (χ3v) is 2.34. The van der Waals surface area contributed by atoms with Gasteiger partial charge in [-0.3, -0.25) is 4.79 Å². The fraction of sp³-hybridized carbons (Fsp3) is 0.0833. The topological polar surface area (TPSA) is 81.6 Å². The van der Waals surface area contributed by atoms with Gasteiger partial charge in [-0.15, -0.1) is 0 Å². The molecule has 0 radical (unpaired) electrons. The monoisotopic (exact) mass is 226 g/mol. The van der Waals surface area contributed by atoms with Gasteiger partial charge in [0.2, 0.25) is 0 Å². The lowest BCUT2D eigenvalue weighted by Crippen LogP contribution is -1.99. The minimum atomic E-state index is -0.0101. The molecule has 0 fully saturated rings. The number of pyridine rings is 1. The summed E-state index contributed by atoms with van der Waals surface area (Å²) in [6.45, 7) is 0.305. The molecule has 1 aromatic carbocycles. The Hall–Kier alpha value is -2.52. The second-order valence-corrected chi connectivity index (χ2v) is 3.46.